The lowest BCUT2D eigenvalue weighted by Crippen LogP contribution is -1.89. The first-order chi connectivity index (χ1) is 10.1. The van der Waals surface area contributed by atoms with E-state index in [1.807, 2.05) is 37.3 Å². The first-order valence-corrected chi connectivity index (χ1v) is 7.22. The molecule has 0 amide bonds. The molecule has 0 fully saturated rings. The Bertz CT molecular complexity index is 794. The second-order valence-corrected chi connectivity index (χ2v) is 5.71. The van der Waals surface area contributed by atoms with Crippen LogP contribution in [0.4, 0.5) is 10.2 Å². The molecule has 3 rings (SSSR count). The summed E-state index contributed by atoms with van der Waals surface area (Å²) >= 11 is 3.15. The monoisotopic (exact) mass is 345 g/mol. The van der Waals surface area contributed by atoms with E-state index in [1.54, 1.807) is 6.07 Å². The Kier molecular flexibility index (Phi) is 3.51. The van der Waals surface area contributed by atoms with Gasteiger partial charge in [0.25, 0.3) is 0 Å². The molecular weight excluding hydrogens is 333 g/mol. The van der Waals surface area contributed by atoms with Crippen molar-refractivity contribution in [2.24, 2.45) is 0 Å². The Hall–Kier alpha value is -2.14. The van der Waals surface area contributed by atoms with E-state index in [2.05, 4.69) is 26.1 Å². The SMILES string of the molecule is Cc1ccc(-c2c(N)n[nH]c2-c2ccc(Br)c(F)c2)cc1. The van der Waals surface area contributed by atoms with E-state index in [1.165, 1.54) is 6.07 Å². The highest BCUT2D eigenvalue weighted by Gasteiger charge is 2.15. The van der Waals surface area contributed by atoms with E-state index < -0.39 is 0 Å². The average Bonchev–Trinajstić information content (AvgIpc) is 2.85. The molecule has 3 nitrogen and oxygen atoms in total. The highest BCUT2D eigenvalue weighted by atomic mass is 79.9. The Balaban J connectivity index is 2.16. The summed E-state index contributed by atoms with van der Waals surface area (Å²) in [5.74, 6) is 0.0766. The molecule has 0 aliphatic carbocycles. The van der Waals surface area contributed by atoms with Crippen LogP contribution in [-0.4, -0.2) is 10.2 Å². The molecule has 3 aromatic rings. The van der Waals surface area contributed by atoms with Crippen molar-refractivity contribution in [1.82, 2.24) is 10.2 Å². The number of rotatable bonds is 2. The number of nitrogens with zero attached hydrogens (tertiary/aromatic N) is 1. The number of hydrogen-bond donors (Lipinski definition) is 2. The fourth-order valence-electron chi connectivity index (χ4n) is 2.23. The third-order valence-electron chi connectivity index (χ3n) is 3.34. The van der Waals surface area contributed by atoms with E-state index in [0.29, 0.717) is 21.5 Å². The van der Waals surface area contributed by atoms with Crippen molar-refractivity contribution < 1.29 is 4.39 Å². The van der Waals surface area contributed by atoms with Crippen molar-refractivity contribution in [2.45, 2.75) is 6.92 Å². The van der Waals surface area contributed by atoms with Crippen LogP contribution in [0.1, 0.15) is 5.56 Å². The van der Waals surface area contributed by atoms with Gasteiger partial charge >= 0.3 is 0 Å². The highest BCUT2D eigenvalue weighted by molar-refractivity contribution is 9.10. The third-order valence-corrected chi connectivity index (χ3v) is 3.99. The Morgan fingerprint density at radius 3 is 2.43 bits per heavy atom. The number of nitrogen functional groups attached to an aromatic ring is 1. The molecule has 0 aliphatic rings. The van der Waals surface area contributed by atoms with Gasteiger partial charge in [0.1, 0.15) is 5.82 Å². The zero-order chi connectivity index (χ0) is 15.0. The van der Waals surface area contributed by atoms with Gasteiger partial charge in [0.2, 0.25) is 0 Å². The van der Waals surface area contributed by atoms with Crippen LogP contribution in [0.2, 0.25) is 0 Å². The molecular formula is C16H13BrFN3. The van der Waals surface area contributed by atoms with Gasteiger partial charge < -0.3 is 5.73 Å². The first-order valence-electron chi connectivity index (χ1n) is 6.42. The molecule has 5 heteroatoms. The molecule has 0 radical (unpaired) electrons. The van der Waals surface area contributed by atoms with Crippen LogP contribution < -0.4 is 5.73 Å². The Morgan fingerprint density at radius 2 is 1.76 bits per heavy atom. The van der Waals surface area contributed by atoms with Gasteiger partial charge in [-0.25, -0.2) is 4.39 Å². The lowest BCUT2D eigenvalue weighted by atomic mass is 10.00. The number of H-pyrrole nitrogens is 1. The van der Waals surface area contributed by atoms with Crippen LogP contribution in [0.25, 0.3) is 22.4 Å². The number of aromatic nitrogens is 2. The fraction of sp³-hybridized carbons (Fsp3) is 0.0625. The first kappa shape index (κ1) is 13.8. The number of hydrogen-bond acceptors (Lipinski definition) is 2. The minimum absolute atomic E-state index is 0.324. The van der Waals surface area contributed by atoms with E-state index in [-0.39, 0.29) is 5.82 Å². The van der Waals surface area contributed by atoms with Crippen LogP contribution in [-0.2, 0) is 0 Å². The molecule has 0 spiro atoms. The average molecular weight is 346 g/mol. The third kappa shape index (κ3) is 2.56. The van der Waals surface area contributed by atoms with Crippen LogP contribution in [0.5, 0.6) is 0 Å². The fourth-order valence-corrected chi connectivity index (χ4v) is 2.48. The zero-order valence-electron chi connectivity index (χ0n) is 11.3. The summed E-state index contributed by atoms with van der Waals surface area (Å²) in [5, 5.41) is 6.96. The summed E-state index contributed by atoms with van der Waals surface area (Å²) in [4.78, 5) is 0. The van der Waals surface area contributed by atoms with Crippen molar-refractivity contribution in [2.75, 3.05) is 5.73 Å². The molecule has 0 saturated heterocycles. The number of anilines is 1. The summed E-state index contributed by atoms with van der Waals surface area (Å²) in [7, 11) is 0. The summed E-state index contributed by atoms with van der Waals surface area (Å²) in [6.07, 6.45) is 0. The number of nitrogens with one attached hydrogen (secondary N) is 1. The maximum Gasteiger partial charge on any atom is 0.153 e. The van der Waals surface area contributed by atoms with Gasteiger partial charge in [-0.15, -0.1) is 0 Å². The van der Waals surface area contributed by atoms with E-state index in [9.17, 15) is 4.39 Å². The molecule has 0 saturated carbocycles. The van der Waals surface area contributed by atoms with Crippen molar-refractivity contribution in [1.29, 1.82) is 0 Å². The molecule has 0 atom stereocenters. The number of aryl methyl sites for hydroxylation is 1. The second-order valence-electron chi connectivity index (χ2n) is 4.85. The van der Waals surface area contributed by atoms with Crippen LogP contribution in [0.3, 0.4) is 0 Å². The van der Waals surface area contributed by atoms with Crippen LogP contribution in [0.15, 0.2) is 46.9 Å². The lowest BCUT2D eigenvalue weighted by Gasteiger charge is -2.06. The van der Waals surface area contributed by atoms with Gasteiger partial charge in [-0.05, 0) is 40.5 Å². The summed E-state index contributed by atoms with van der Waals surface area (Å²) in [5.41, 5.74) is 10.3. The standard InChI is InChI=1S/C16H13BrFN3/c1-9-2-4-10(5-3-9)14-15(20-21-16(14)19)11-6-7-12(17)13(18)8-11/h2-8H,1H3,(H3,19,20,21). The van der Waals surface area contributed by atoms with Crippen molar-refractivity contribution in [3.63, 3.8) is 0 Å². The Labute approximate surface area is 130 Å². The maximum atomic E-state index is 13.7. The van der Waals surface area contributed by atoms with Gasteiger partial charge in [-0.3, -0.25) is 5.10 Å². The summed E-state index contributed by atoms with van der Waals surface area (Å²) < 4.78 is 14.2. The molecule has 2 aromatic carbocycles. The van der Waals surface area contributed by atoms with Gasteiger partial charge in [-0.1, -0.05) is 35.9 Å². The summed E-state index contributed by atoms with van der Waals surface area (Å²) in [6, 6.07) is 12.9. The Morgan fingerprint density at radius 1 is 1.10 bits per heavy atom. The molecule has 1 heterocycles. The highest BCUT2D eigenvalue weighted by Crippen LogP contribution is 2.35. The normalized spacial score (nSPS) is 10.8. The molecule has 3 N–H and O–H groups in total. The van der Waals surface area contributed by atoms with Gasteiger partial charge in [0, 0.05) is 5.56 Å². The van der Waals surface area contributed by atoms with Gasteiger partial charge in [-0.2, -0.15) is 5.10 Å². The molecule has 21 heavy (non-hydrogen) atoms. The lowest BCUT2D eigenvalue weighted by molar-refractivity contribution is 0.621. The van der Waals surface area contributed by atoms with Crippen LogP contribution in [0, 0.1) is 12.7 Å². The van der Waals surface area contributed by atoms with E-state index >= 15 is 0 Å². The van der Waals surface area contributed by atoms with Crippen molar-refractivity contribution in [3.8, 4) is 22.4 Å². The maximum absolute atomic E-state index is 13.7. The minimum Gasteiger partial charge on any atom is -0.382 e. The number of halogens is 2. The van der Waals surface area contributed by atoms with Crippen molar-refractivity contribution in [3.05, 3.63) is 58.3 Å². The van der Waals surface area contributed by atoms with Gasteiger partial charge in [0.15, 0.2) is 5.82 Å². The quantitative estimate of drug-likeness (QED) is 0.716. The molecule has 0 unspecified atom stereocenters. The van der Waals surface area contributed by atoms with E-state index in [4.69, 9.17) is 5.73 Å². The smallest absolute Gasteiger partial charge is 0.153 e. The predicted molar refractivity (Wildman–Crippen MR) is 86.3 cm³/mol. The number of nitrogens with two attached hydrogens (primary N) is 1. The minimum atomic E-state index is -0.324. The molecule has 1 aromatic heterocycles. The van der Waals surface area contributed by atoms with Crippen molar-refractivity contribution >= 4 is 21.7 Å². The summed E-state index contributed by atoms with van der Waals surface area (Å²) in [6.45, 7) is 2.02. The van der Waals surface area contributed by atoms with E-state index in [0.717, 1.165) is 16.7 Å². The number of aromatic amines is 1. The predicted octanol–water partition coefficient (Wildman–Crippen LogP) is 4.54. The second kappa shape index (κ2) is 5.33. The molecule has 106 valence electrons. The molecule has 0 bridgehead atoms. The molecule has 0 aliphatic heterocycles. The zero-order valence-corrected chi connectivity index (χ0v) is 12.9. The van der Waals surface area contributed by atoms with Gasteiger partial charge in [0.05, 0.1) is 15.7 Å². The van der Waals surface area contributed by atoms with Crippen LogP contribution >= 0.6 is 15.9 Å². The topological polar surface area (TPSA) is 54.7 Å². The number of benzene rings is 2. The largest absolute Gasteiger partial charge is 0.382 e.